The lowest BCUT2D eigenvalue weighted by molar-refractivity contribution is 0.989. The van der Waals surface area contributed by atoms with Crippen molar-refractivity contribution < 1.29 is 0 Å². The number of aromatic nitrogens is 1. The summed E-state index contributed by atoms with van der Waals surface area (Å²) < 4.78 is 0. The van der Waals surface area contributed by atoms with Crippen LogP contribution in [-0.4, -0.2) is 17.5 Å². The van der Waals surface area contributed by atoms with Crippen LogP contribution < -0.4 is 0 Å². The molecule has 0 aliphatic rings. The minimum absolute atomic E-state index is 0.981. The monoisotopic (exact) mass is 184 g/mol. The Morgan fingerprint density at radius 3 is 2.64 bits per heavy atom. The second-order valence-corrected chi connectivity index (χ2v) is 3.74. The van der Waals surface area contributed by atoms with E-state index in [1.165, 1.54) is 0 Å². The normalized spacial score (nSPS) is 10.1. The summed E-state index contributed by atoms with van der Waals surface area (Å²) in [5.74, 6) is 0. The van der Waals surface area contributed by atoms with Crippen LogP contribution in [0.1, 0.15) is 5.56 Å². The molecule has 3 heteroatoms. The highest BCUT2D eigenvalue weighted by molar-refractivity contribution is 7.99. The summed E-state index contributed by atoms with van der Waals surface area (Å²) in [5, 5.41) is 2.06. The van der Waals surface area contributed by atoms with Gasteiger partial charge >= 0.3 is 0 Å². The molecule has 0 bridgehead atoms. The first kappa shape index (κ1) is 8.94. The molecule has 1 rings (SSSR count). The molecule has 0 aromatic carbocycles. The minimum atomic E-state index is 0.981. The molecular formula is C8H10NS2. The summed E-state index contributed by atoms with van der Waals surface area (Å²) in [6, 6.07) is 5.22. The highest BCUT2D eigenvalue weighted by atomic mass is 32.2. The lowest BCUT2D eigenvalue weighted by Gasteiger charge is -2.00. The Labute approximate surface area is 76.0 Å². The molecule has 0 unspecified atom stereocenters. The maximum Gasteiger partial charge on any atom is 0.105 e. The third-order valence-corrected chi connectivity index (χ3v) is 2.47. The molecule has 0 saturated carbocycles. The van der Waals surface area contributed by atoms with E-state index in [1.807, 2.05) is 25.5 Å². The molecule has 0 fully saturated rings. The van der Waals surface area contributed by atoms with Crippen molar-refractivity contribution in [2.45, 2.75) is 17.0 Å². The Kier molecular flexibility index (Phi) is 3.27. The zero-order valence-electron chi connectivity index (χ0n) is 6.84. The maximum atomic E-state index is 4.34. The average molecular weight is 184 g/mol. The van der Waals surface area contributed by atoms with Crippen LogP contribution >= 0.6 is 23.5 Å². The van der Waals surface area contributed by atoms with Crippen molar-refractivity contribution >= 4 is 23.5 Å². The van der Waals surface area contributed by atoms with E-state index >= 15 is 0 Å². The van der Waals surface area contributed by atoms with Gasteiger partial charge in [-0.15, -0.1) is 23.5 Å². The summed E-state index contributed by atoms with van der Waals surface area (Å²) >= 11 is 3.30. The minimum Gasteiger partial charge on any atom is -0.235 e. The molecule has 1 aromatic rings. The number of thioether (sulfide) groups is 2. The van der Waals surface area contributed by atoms with Crippen LogP contribution in [0.25, 0.3) is 0 Å². The summed E-state index contributed by atoms with van der Waals surface area (Å²) in [6.45, 7) is 2.04. The van der Waals surface area contributed by atoms with E-state index < -0.39 is 0 Å². The summed E-state index contributed by atoms with van der Waals surface area (Å²) in [7, 11) is 0. The van der Waals surface area contributed by atoms with E-state index in [0.29, 0.717) is 0 Å². The number of hydrogen-bond donors (Lipinski definition) is 0. The third kappa shape index (κ3) is 2.42. The molecule has 0 aliphatic heterocycles. The van der Waals surface area contributed by atoms with Crippen LogP contribution in [0, 0.1) is 13.0 Å². The fourth-order valence-electron chi connectivity index (χ4n) is 0.752. The van der Waals surface area contributed by atoms with Crippen molar-refractivity contribution in [2.75, 3.05) is 12.5 Å². The van der Waals surface area contributed by atoms with Crippen LogP contribution in [0.15, 0.2) is 16.1 Å². The van der Waals surface area contributed by atoms with Crippen LogP contribution in [-0.2, 0) is 0 Å². The molecule has 1 nitrogen and oxygen atoms in total. The highest BCUT2D eigenvalue weighted by Crippen LogP contribution is 2.18. The fourth-order valence-corrected chi connectivity index (χ4v) is 1.74. The van der Waals surface area contributed by atoms with Crippen molar-refractivity contribution in [1.29, 1.82) is 0 Å². The Morgan fingerprint density at radius 1 is 1.36 bits per heavy atom. The first-order valence-corrected chi connectivity index (χ1v) is 5.70. The van der Waals surface area contributed by atoms with Gasteiger partial charge in [0.1, 0.15) is 5.03 Å². The van der Waals surface area contributed by atoms with E-state index in [-0.39, 0.29) is 0 Å². The van der Waals surface area contributed by atoms with E-state index in [2.05, 4.69) is 11.1 Å². The second kappa shape index (κ2) is 4.02. The Bertz CT molecular complexity index is 226. The van der Waals surface area contributed by atoms with Crippen LogP contribution in [0.5, 0.6) is 0 Å². The van der Waals surface area contributed by atoms with Gasteiger partial charge in [0.2, 0.25) is 0 Å². The molecule has 0 atom stereocenters. The van der Waals surface area contributed by atoms with Crippen molar-refractivity contribution in [2.24, 2.45) is 0 Å². The molecule has 59 valence electrons. The SMILES string of the molecule is CSc1[c]c(C)cc(SC)n1. The topological polar surface area (TPSA) is 12.9 Å². The standard InChI is InChI=1S/C8H10NS2/c1-6-4-7(10-2)9-8(5-6)11-3/h4H,1-3H3. The van der Waals surface area contributed by atoms with Gasteiger partial charge in [0, 0.05) is 6.07 Å². The van der Waals surface area contributed by atoms with Crippen molar-refractivity contribution in [1.82, 2.24) is 4.98 Å². The van der Waals surface area contributed by atoms with Gasteiger partial charge in [0.05, 0.1) is 5.03 Å². The zero-order valence-corrected chi connectivity index (χ0v) is 8.47. The highest BCUT2D eigenvalue weighted by Gasteiger charge is 1.97. The quantitative estimate of drug-likeness (QED) is 0.656. The molecule has 11 heavy (non-hydrogen) atoms. The number of hydrogen-bond acceptors (Lipinski definition) is 3. The van der Waals surface area contributed by atoms with Gasteiger partial charge in [-0.25, -0.2) is 4.98 Å². The van der Waals surface area contributed by atoms with Gasteiger partial charge in [-0.3, -0.25) is 0 Å². The largest absolute Gasteiger partial charge is 0.235 e. The predicted octanol–water partition coefficient (Wildman–Crippen LogP) is 2.63. The number of pyridine rings is 1. The van der Waals surface area contributed by atoms with Gasteiger partial charge in [-0.2, -0.15) is 0 Å². The first-order valence-electron chi connectivity index (χ1n) is 3.25. The molecule has 0 amide bonds. The lowest BCUT2D eigenvalue weighted by atomic mass is 10.3. The molecule has 1 aromatic heterocycles. The predicted molar refractivity (Wildman–Crippen MR) is 51.4 cm³/mol. The first-order chi connectivity index (χ1) is 5.26. The van der Waals surface area contributed by atoms with Crippen LogP contribution in [0.4, 0.5) is 0 Å². The summed E-state index contributed by atoms with van der Waals surface area (Å²) in [6.07, 6.45) is 4.05. The van der Waals surface area contributed by atoms with Gasteiger partial charge in [-0.05, 0) is 31.1 Å². The van der Waals surface area contributed by atoms with Crippen molar-refractivity contribution in [3.05, 3.63) is 17.7 Å². The Balaban J connectivity index is 3.02. The number of nitrogens with zero attached hydrogens (tertiary/aromatic N) is 1. The van der Waals surface area contributed by atoms with E-state index in [0.717, 1.165) is 15.6 Å². The molecule has 0 aliphatic carbocycles. The van der Waals surface area contributed by atoms with E-state index in [4.69, 9.17) is 0 Å². The molecule has 0 saturated heterocycles. The maximum absolute atomic E-state index is 4.34. The molecule has 0 spiro atoms. The smallest absolute Gasteiger partial charge is 0.105 e. The van der Waals surface area contributed by atoms with E-state index in [9.17, 15) is 0 Å². The lowest BCUT2D eigenvalue weighted by Crippen LogP contribution is -1.85. The fraction of sp³-hybridized carbons (Fsp3) is 0.375. The molecule has 1 radical (unpaired) electrons. The van der Waals surface area contributed by atoms with Gasteiger partial charge in [-0.1, -0.05) is 0 Å². The van der Waals surface area contributed by atoms with Gasteiger partial charge < -0.3 is 0 Å². The Hall–Kier alpha value is -0.150. The third-order valence-electron chi connectivity index (χ3n) is 1.26. The molecule has 1 heterocycles. The van der Waals surface area contributed by atoms with Gasteiger partial charge in [0.15, 0.2) is 0 Å². The number of rotatable bonds is 2. The van der Waals surface area contributed by atoms with E-state index in [1.54, 1.807) is 23.5 Å². The van der Waals surface area contributed by atoms with Crippen molar-refractivity contribution in [3.8, 4) is 0 Å². The van der Waals surface area contributed by atoms with Crippen LogP contribution in [0.2, 0.25) is 0 Å². The summed E-state index contributed by atoms with van der Waals surface area (Å²) in [5.41, 5.74) is 1.16. The average Bonchev–Trinajstić information content (AvgIpc) is 2.03. The van der Waals surface area contributed by atoms with Gasteiger partial charge in [0.25, 0.3) is 0 Å². The molecular weight excluding hydrogens is 174 g/mol. The number of aryl methyl sites for hydroxylation is 1. The molecule has 0 N–H and O–H groups in total. The zero-order chi connectivity index (χ0) is 8.27. The van der Waals surface area contributed by atoms with Crippen molar-refractivity contribution in [3.63, 3.8) is 0 Å². The second-order valence-electron chi connectivity index (χ2n) is 2.12. The van der Waals surface area contributed by atoms with Crippen LogP contribution in [0.3, 0.4) is 0 Å². The summed E-state index contributed by atoms with van der Waals surface area (Å²) in [4.78, 5) is 4.34. The Morgan fingerprint density at radius 2 is 2.09 bits per heavy atom.